The number of halogens is 2. The third-order valence-electron chi connectivity index (χ3n) is 1.99. The van der Waals surface area contributed by atoms with Crippen LogP contribution in [0.1, 0.15) is 5.56 Å². The van der Waals surface area contributed by atoms with Crippen LogP contribution in [0.2, 0.25) is 5.02 Å². The van der Waals surface area contributed by atoms with Gasteiger partial charge in [-0.25, -0.2) is 4.98 Å². The van der Waals surface area contributed by atoms with Gasteiger partial charge in [0, 0.05) is 15.6 Å². The van der Waals surface area contributed by atoms with Gasteiger partial charge in [0.25, 0.3) is 0 Å². The van der Waals surface area contributed by atoms with Crippen LogP contribution in [0, 0.1) is 11.3 Å². The van der Waals surface area contributed by atoms with E-state index in [2.05, 4.69) is 27.0 Å². The standard InChI is InChI=1S/C12H6BrClN2S/c13-9-6-8(7-15)3-4-11(9)17-12-10(14)2-1-5-16-12/h1-6H. The Morgan fingerprint density at radius 3 is 2.82 bits per heavy atom. The summed E-state index contributed by atoms with van der Waals surface area (Å²) >= 11 is 10.9. The molecule has 0 aliphatic carbocycles. The molecule has 1 aromatic carbocycles. The summed E-state index contributed by atoms with van der Waals surface area (Å²) in [5, 5.41) is 10.1. The van der Waals surface area contributed by atoms with Gasteiger partial charge in [0.1, 0.15) is 5.03 Å². The van der Waals surface area contributed by atoms with Crippen molar-refractivity contribution in [2.45, 2.75) is 9.92 Å². The van der Waals surface area contributed by atoms with Gasteiger partial charge in [-0.1, -0.05) is 23.4 Å². The van der Waals surface area contributed by atoms with Crippen molar-refractivity contribution in [3.05, 3.63) is 51.6 Å². The molecule has 0 aliphatic rings. The summed E-state index contributed by atoms with van der Waals surface area (Å²) in [5.41, 5.74) is 0.619. The zero-order chi connectivity index (χ0) is 12.3. The van der Waals surface area contributed by atoms with Crippen LogP contribution >= 0.6 is 39.3 Å². The predicted molar refractivity (Wildman–Crippen MR) is 72.2 cm³/mol. The largest absolute Gasteiger partial charge is 0.248 e. The van der Waals surface area contributed by atoms with Gasteiger partial charge >= 0.3 is 0 Å². The van der Waals surface area contributed by atoms with Gasteiger partial charge in [-0.05, 0) is 46.3 Å². The van der Waals surface area contributed by atoms with E-state index in [9.17, 15) is 0 Å². The van der Waals surface area contributed by atoms with Crippen LogP contribution < -0.4 is 0 Å². The van der Waals surface area contributed by atoms with Crippen molar-refractivity contribution in [1.29, 1.82) is 5.26 Å². The van der Waals surface area contributed by atoms with Crippen LogP contribution in [-0.2, 0) is 0 Å². The fraction of sp³-hybridized carbons (Fsp3) is 0. The van der Waals surface area contributed by atoms with Gasteiger partial charge in [-0.3, -0.25) is 0 Å². The van der Waals surface area contributed by atoms with Crippen LogP contribution in [0.5, 0.6) is 0 Å². The first-order valence-electron chi connectivity index (χ1n) is 4.69. The Morgan fingerprint density at radius 2 is 2.18 bits per heavy atom. The van der Waals surface area contributed by atoms with Crippen molar-refractivity contribution >= 4 is 39.3 Å². The van der Waals surface area contributed by atoms with Crippen LogP contribution in [0.25, 0.3) is 0 Å². The molecule has 5 heteroatoms. The fourth-order valence-electron chi connectivity index (χ4n) is 1.20. The van der Waals surface area contributed by atoms with E-state index in [1.807, 2.05) is 6.07 Å². The van der Waals surface area contributed by atoms with E-state index < -0.39 is 0 Å². The molecular weight excluding hydrogens is 320 g/mol. The van der Waals surface area contributed by atoms with Crippen molar-refractivity contribution in [2.75, 3.05) is 0 Å². The molecule has 2 rings (SSSR count). The third-order valence-corrected chi connectivity index (χ3v) is 4.42. The highest BCUT2D eigenvalue weighted by Crippen LogP contribution is 2.35. The van der Waals surface area contributed by atoms with Crippen LogP contribution in [0.15, 0.2) is 50.9 Å². The van der Waals surface area contributed by atoms with Gasteiger partial charge in [0.05, 0.1) is 16.7 Å². The number of nitrogens with zero attached hydrogens (tertiary/aromatic N) is 2. The Bertz CT molecular complexity index is 595. The molecule has 0 aliphatic heterocycles. The monoisotopic (exact) mass is 324 g/mol. The maximum atomic E-state index is 8.78. The zero-order valence-corrected chi connectivity index (χ0v) is 11.7. The van der Waals surface area contributed by atoms with E-state index in [0.29, 0.717) is 10.6 Å². The fourth-order valence-corrected chi connectivity index (χ4v) is 2.84. The number of hydrogen-bond acceptors (Lipinski definition) is 3. The minimum absolute atomic E-state index is 0.619. The SMILES string of the molecule is N#Cc1ccc(Sc2ncccc2Cl)c(Br)c1. The molecule has 0 saturated carbocycles. The number of pyridine rings is 1. The molecule has 0 amide bonds. The van der Waals surface area contributed by atoms with Gasteiger partial charge in [0.2, 0.25) is 0 Å². The van der Waals surface area contributed by atoms with Gasteiger partial charge in [-0.2, -0.15) is 5.26 Å². The van der Waals surface area contributed by atoms with Gasteiger partial charge in [-0.15, -0.1) is 0 Å². The Hall–Kier alpha value is -1.02. The molecule has 0 spiro atoms. The molecule has 84 valence electrons. The molecule has 0 unspecified atom stereocenters. The molecule has 2 nitrogen and oxygen atoms in total. The first-order chi connectivity index (χ1) is 8.20. The third kappa shape index (κ3) is 3.01. The quantitative estimate of drug-likeness (QED) is 0.814. The second-order valence-electron chi connectivity index (χ2n) is 3.15. The number of nitriles is 1. The summed E-state index contributed by atoms with van der Waals surface area (Å²) in [6.07, 6.45) is 1.70. The molecule has 1 heterocycles. The van der Waals surface area contributed by atoms with Gasteiger partial charge in [0.15, 0.2) is 0 Å². The summed E-state index contributed by atoms with van der Waals surface area (Å²) in [5.74, 6) is 0. The van der Waals surface area contributed by atoms with Crippen molar-refractivity contribution in [2.24, 2.45) is 0 Å². The number of hydrogen-bond donors (Lipinski definition) is 0. The highest BCUT2D eigenvalue weighted by Gasteiger charge is 2.07. The highest BCUT2D eigenvalue weighted by molar-refractivity contribution is 9.10. The second-order valence-corrected chi connectivity index (χ2v) is 5.44. The Labute approximate surface area is 117 Å². The Balaban J connectivity index is 2.32. The van der Waals surface area contributed by atoms with Crippen molar-refractivity contribution < 1.29 is 0 Å². The molecular formula is C12H6BrClN2S. The smallest absolute Gasteiger partial charge is 0.119 e. The van der Waals surface area contributed by atoms with Crippen LogP contribution in [0.3, 0.4) is 0 Å². The summed E-state index contributed by atoms with van der Waals surface area (Å²) in [4.78, 5) is 5.18. The van der Waals surface area contributed by atoms with Crippen molar-refractivity contribution in [3.8, 4) is 6.07 Å². The van der Waals surface area contributed by atoms with E-state index in [-0.39, 0.29) is 0 Å². The molecule has 0 atom stereocenters. The lowest BCUT2D eigenvalue weighted by molar-refractivity contribution is 1.13. The number of rotatable bonds is 2. The van der Waals surface area contributed by atoms with Crippen molar-refractivity contribution in [3.63, 3.8) is 0 Å². The molecule has 0 N–H and O–H groups in total. The number of benzene rings is 1. The van der Waals surface area contributed by atoms with E-state index >= 15 is 0 Å². The first-order valence-corrected chi connectivity index (χ1v) is 6.67. The van der Waals surface area contributed by atoms with E-state index in [4.69, 9.17) is 16.9 Å². The van der Waals surface area contributed by atoms with E-state index in [1.165, 1.54) is 11.8 Å². The zero-order valence-electron chi connectivity index (χ0n) is 8.52. The molecule has 0 fully saturated rings. The lowest BCUT2D eigenvalue weighted by atomic mass is 10.2. The highest BCUT2D eigenvalue weighted by atomic mass is 79.9. The summed E-state index contributed by atoms with van der Waals surface area (Å²) < 4.78 is 0.864. The van der Waals surface area contributed by atoms with E-state index in [0.717, 1.165) is 14.4 Å². The molecule has 0 radical (unpaired) electrons. The predicted octanol–water partition coefficient (Wildman–Crippen LogP) is 4.52. The van der Waals surface area contributed by atoms with E-state index in [1.54, 1.807) is 30.5 Å². The Morgan fingerprint density at radius 1 is 1.35 bits per heavy atom. The second kappa shape index (κ2) is 5.54. The lowest BCUT2D eigenvalue weighted by Crippen LogP contribution is -1.83. The summed E-state index contributed by atoms with van der Waals surface area (Å²) in [6.45, 7) is 0. The van der Waals surface area contributed by atoms with Crippen LogP contribution in [0.4, 0.5) is 0 Å². The first kappa shape index (κ1) is 12.4. The minimum Gasteiger partial charge on any atom is -0.248 e. The topological polar surface area (TPSA) is 36.7 Å². The van der Waals surface area contributed by atoms with Gasteiger partial charge < -0.3 is 0 Å². The summed E-state index contributed by atoms with van der Waals surface area (Å²) in [6, 6.07) is 11.1. The average Bonchev–Trinajstić information content (AvgIpc) is 2.34. The normalized spacial score (nSPS) is 9.94. The summed E-state index contributed by atoms with van der Waals surface area (Å²) in [7, 11) is 0. The molecule has 1 aromatic heterocycles. The lowest BCUT2D eigenvalue weighted by Gasteiger charge is -2.05. The molecule has 0 bridgehead atoms. The van der Waals surface area contributed by atoms with Crippen molar-refractivity contribution in [1.82, 2.24) is 4.98 Å². The maximum Gasteiger partial charge on any atom is 0.119 e. The molecule has 2 aromatic rings. The Kier molecular flexibility index (Phi) is 4.06. The number of aromatic nitrogens is 1. The maximum absolute atomic E-state index is 8.78. The van der Waals surface area contributed by atoms with Crippen LogP contribution in [-0.4, -0.2) is 4.98 Å². The minimum atomic E-state index is 0.619. The molecule has 17 heavy (non-hydrogen) atoms. The molecule has 0 saturated heterocycles. The average molecular weight is 326 g/mol.